The van der Waals surface area contributed by atoms with E-state index in [1.165, 1.54) is 48.8 Å². The minimum Gasteiger partial charge on any atom is -0.491 e. The average molecular weight is 310 g/mol. The Balaban J connectivity index is 1.85. The molecule has 122 valence electrons. The van der Waals surface area contributed by atoms with Gasteiger partial charge < -0.3 is 9.84 Å². The summed E-state index contributed by atoms with van der Waals surface area (Å²) in [5, 5.41) is 9.04. The van der Waals surface area contributed by atoms with Gasteiger partial charge in [-0.2, -0.15) is 0 Å². The van der Waals surface area contributed by atoms with Gasteiger partial charge in [-0.05, 0) is 41.5 Å². The first-order chi connectivity index (χ1) is 11.4. The van der Waals surface area contributed by atoms with E-state index in [0.717, 1.165) is 12.2 Å². The molecule has 0 saturated heterocycles. The van der Waals surface area contributed by atoms with Gasteiger partial charge in [0.15, 0.2) is 0 Å². The quantitative estimate of drug-likeness (QED) is 0.838. The van der Waals surface area contributed by atoms with Crippen LogP contribution >= 0.6 is 0 Å². The van der Waals surface area contributed by atoms with E-state index in [4.69, 9.17) is 9.84 Å². The SMILES string of the molecule is OCCOc1ccc(C2CCCCC2)cc1Cc1ccccc1. The fraction of sp³-hybridized carbons (Fsp3) is 0.429. The van der Waals surface area contributed by atoms with E-state index >= 15 is 0 Å². The number of aliphatic hydroxyl groups is 1. The van der Waals surface area contributed by atoms with Crippen molar-refractivity contribution >= 4 is 0 Å². The van der Waals surface area contributed by atoms with E-state index in [0.29, 0.717) is 12.5 Å². The highest BCUT2D eigenvalue weighted by atomic mass is 16.5. The molecule has 1 fully saturated rings. The Morgan fingerprint density at radius 1 is 0.957 bits per heavy atom. The standard InChI is InChI=1S/C21H26O2/c22-13-14-23-21-12-11-19(18-9-5-2-6-10-18)16-20(21)15-17-7-3-1-4-8-17/h1,3-4,7-8,11-12,16,18,22H,2,5-6,9-10,13-15H2. The molecule has 0 radical (unpaired) electrons. The van der Waals surface area contributed by atoms with Gasteiger partial charge in [-0.15, -0.1) is 0 Å². The van der Waals surface area contributed by atoms with Crippen LogP contribution in [0.25, 0.3) is 0 Å². The van der Waals surface area contributed by atoms with Crippen LogP contribution in [0.5, 0.6) is 5.75 Å². The van der Waals surface area contributed by atoms with Crippen LogP contribution in [0.2, 0.25) is 0 Å². The summed E-state index contributed by atoms with van der Waals surface area (Å²) < 4.78 is 5.75. The van der Waals surface area contributed by atoms with E-state index in [1.54, 1.807) is 0 Å². The highest BCUT2D eigenvalue weighted by molar-refractivity contribution is 5.41. The van der Waals surface area contributed by atoms with Crippen molar-refractivity contribution in [1.82, 2.24) is 0 Å². The molecule has 1 saturated carbocycles. The molecule has 1 aliphatic carbocycles. The van der Waals surface area contributed by atoms with Crippen molar-refractivity contribution in [3.63, 3.8) is 0 Å². The predicted octanol–water partition coefficient (Wildman–Crippen LogP) is 4.70. The molecule has 0 unspecified atom stereocenters. The zero-order valence-electron chi connectivity index (χ0n) is 13.7. The molecule has 0 amide bonds. The number of benzene rings is 2. The van der Waals surface area contributed by atoms with E-state index in [-0.39, 0.29) is 6.61 Å². The lowest BCUT2D eigenvalue weighted by molar-refractivity contribution is 0.200. The number of hydrogen-bond donors (Lipinski definition) is 1. The molecule has 0 aromatic heterocycles. The van der Waals surface area contributed by atoms with E-state index in [1.807, 2.05) is 6.07 Å². The maximum Gasteiger partial charge on any atom is 0.122 e. The second-order valence-electron chi connectivity index (χ2n) is 6.44. The van der Waals surface area contributed by atoms with Crippen molar-refractivity contribution in [2.75, 3.05) is 13.2 Å². The number of ether oxygens (including phenoxy) is 1. The van der Waals surface area contributed by atoms with Gasteiger partial charge in [-0.3, -0.25) is 0 Å². The summed E-state index contributed by atoms with van der Waals surface area (Å²) >= 11 is 0. The minimum atomic E-state index is 0.0507. The molecule has 3 rings (SSSR count). The predicted molar refractivity (Wildman–Crippen MR) is 94.1 cm³/mol. The lowest BCUT2D eigenvalue weighted by Crippen LogP contribution is -2.08. The van der Waals surface area contributed by atoms with Crippen molar-refractivity contribution in [1.29, 1.82) is 0 Å². The summed E-state index contributed by atoms with van der Waals surface area (Å²) in [7, 11) is 0. The lowest BCUT2D eigenvalue weighted by Gasteiger charge is -2.23. The van der Waals surface area contributed by atoms with Crippen LogP contribution in [0.4, 0.5) is 0 Å². The Kier molecular flexibility index (Phi) is 5.71. The van der Waals surface area contributed by atoms with E-state index in [2.05, 4.69) is 42.5 Å². The normalized spacial score (nSPS) is 15.5. The zero-order valence-corrected chi connectivity index (χ0v) is 13.7. The third-order valence-electron chi connectivity index (χ3n) is 4.75. The van der Waals surface area contributed by atoms with Gasteiger partial charge >= 0.3 is 0 Å². The molecule has 0 heterocycles. The molecule has 2 aromatic carbocycles. The maximum atomic E-state index is 9.04. The van der Waals surface area contributed by atoms with Gasteiger partial charge in [0, 0.05) is 6.42 Å². The topological polar surface area (TPSA) is 29.5 Å². The van der Waals surface area contributed by atoms with Crippen LogP contribution in [0.1, 0.15) is 54.7 Å². The van der Waals surface area contributed by atoms with Gasteiger partial charge in [-0.1, -0.05) is 61.7 Å². The van der Waals surface area contributed by atoms with E-state index < -0.39 is 0 Å². The van der Waals surface area contributed by atoms with Crippen LogP contribution in [0, 0.1) is 0 Å². The summed E-state index contributed by atoms with van der Waals surface area (Å²) in [5.74, 6) is 1.60. The molecule has 2 heteroatoms. The number of aliphatic hydroxyl groups excluding tert-OH is 1. The van der Waals surface area contributed by atoms with Crippen LogP contribution in [-0.2, 0) is 6.42 Å². The fourth-order valence-electron chi connectivity index (χ4n) is 3.54. The molecule has 23 heavy (non-hydrogen) atoms. The molecule has 1 aliphatic rings. The highest BCUT2D eigenvalue weighted by Gasteiger charge is 2.17. The molecule has 0 aliphatic heterocycles. The number of rotatable bonds is 6. The van der Waals surface area contributed by atoms with Crippen LogP contribution < -0.4 is 4.74 Å². The first-order valence-corrected chi connectivity index (χ1v) is 8.77. The summed E-state index contributed by atoms with van der Waals surface area (Å²) in [5.41, 5.74) is 3.97. The van der Waals surface area contributed by atoms with Crippen molar-refractivity contribution < 1.29 is 9.84 Å². The molecule has 1 N–H and O–H groups in total. The molecule has 0 atom stereocenters. The van der Waals surface area contributed by atoms with Crippen LogP contribution in [0.3, 0.4) is 0 Å². The Hall–Kier alpha value is -1.80. The summed E-state index contributed by atoms with van der Waals surface area (Å²) in [4.78, 5) is 0. The Labute approximate surface area is 139 Å². The lowest BCUT2D eigenvalue weighted by atomic mass is 9.83. The van der Waals surface area contributed by atoms with Gasteiger partial charge in [0.05, 0.1) is 6.61 Å². The number of hydrogen-bond acceptors (Lipinski definition) is 2. The molecule has 0 bridgehead atoms. The third kappa shape index (κ3) is 4.35. The second kappa shape index (κ2) is 8.16. The monoisotopic (exact) mass is 310 g/mol. The Bertz CT molecular complexity index is 600. The molecule has 2 nitrogen and oxygen atoms in total. The van der Waals surface area contributed by atoms with Gasteiger partial charge in [0.1, 0.15) is 12.4 Å². The summed E-state index contributed by atoms with van der Waals surface area (Å²) in [6.45, 7) is 0.402. The summed E-state index contributed by atoms with van der Waals surface area (Å²) in [6, 6.07) is 17.2. The zero-order chi connectivity index (χ0) is 15.9. The van der Waals surface area contributed by atoms with Crippen molar-refractivity contribution in [3.05, 3.63) is 65.2 Å². The molecular weight excluding hydrogens is 284 g/mol. The van der Waals surface area contributed by atoms with Crippen LogP contribution in [-0.4, -0.2) is 18.3 Å². The van der Waals surface area contributed by atoms with Gasteiger partial charge in [0.25, 0.3) is 0 Å². The largest absolute Gasteiger partial charge is 0.491 e. The van der Waals surface area contributed by atoms with Crippen molar-refractivity contribution in [3.8, 4) is 5.75 Å². The second-order valence-corrected chi connectivity index (χ2v) is 6.44. The first kappa shape index (κ1) is 16.1. The fourth-order valence-corrected chi connectivity index (χ4v) is 3.54. The Morgan fingerprint density at radius 2 is 1.74 bits per heavy atom. The molecular formula is C21H26O2. The molecule has 0 spiro atoms. The maximum absolute atomic E-state index is 9.04. The van der Waals surface area contributed by atoms with Crippen LogP contribution in [0.15, 0.2) is 48.5 Å². The van der Waals surface area contributed by atoms with E-state index in [9.17, 15) is 0 Å². The van der Waals surface area contributed by atoms with Crippen molar-refractivity contribution in [2.45, 2.75) is 44.4 Å². The first-order valence-electron chi connectivity index (χ1n) is 8.77. The molecule has 2 aromatic rings. The Morgan fingerprint density at radius 3 is 2.48 bits per heavy atom. The minimum absolute atomic E-state index is 0.0507. The highest BCUT2D eigenvalue weighted by Crippen LogP contribution is 2.35. The third-order valence-corrected chi connectivity index (χ3v) is 4.75. The average Bonchev–Trinajstić information content (AvgIpc) is 2.62. The van der Waals surface area contributed by atoms with Gasteiger partial charge in [-0.25, -0.2) is 0 Å². The smallest absolute Gasteiger partial charge is 0.122 e. The van der Waals surface area contributed by atoms with Crippen molar-refractivity contribution in [2.24, 2.45) is 0 Å². The van der Waals surface area contributed by atoms with Gasteiger partial charge in [0.2, 0.25) is 0 Å². The summed E-state index contributed by atoms with van der Waals surface area (Å²) in [6.07, 6.45) is 7.57.